The van der Waals surface area contributed by atoms with Crippen molar-refractivity contribution in [2.24, 2.45) is 0 Å². The standard InChI is InChI=1S/C13H19NO4/c1-8-4-9(2)13(18-3)11(5-8)14-7-10(15)6-12(16)17/h4-5,10,14-15H,6-7H2,1-3H3,(H,16,17). The summed E-state index contributed by atoms with van der Waals surface area (Å²) in [5, 5.41) is 21.1. The lowest BCUT2D eigenvalue weighted by Crippen LogP contribution is -2.22. The van der Waals surface area contributed by atoms with Crippen molar-refractivity contribution < 1.29 is 19.7 Å². The number of carbonyl (C=O) groups is 1. The number of anilines is 1. The molecular formula is C13H19NO4. The van der Waals surface area contributed by atoms with Crippen molar-refractivity contribution in [1.82, 2.24) is 0 Å². The Hall–Kier alpha value is -1.75. The average molecular weight is 253 g/mol. The number of methoxy groups -OCH3 is 1. The van der Waals surface area contributed by atoms with Gasteiger partial charge in [-0.2, -0.15) is 0 Å². The van der Waals surface area contributed by atoms with Crippen LogP contribution in [0.3, 0.4) is 0 Å². The normalized spacial score (nSPS) is 12.0. The van der Waals surface area contributed by atoms with Gasteiger partial charge in [-0.25, -0.2) is 0 Å². The molecule has 0 saturated carbocycles. The molecule has 0 aliphatic heterocycles. The predicted molar refractivity (Wildman–Crippen MR) is 69.2 cm³/mol. The minimum Gasteiger partial charge on any atom is -0.494 e. The Morgan fingerprint density at radius 2 is 2.11 bits per heavy atom. The highest BCUT2D eigenvalue weighted by molar-refractivity contribution is 5.67. The number of hydrogen-bond donors (Lipinski definition) is 3. The van der Waals surface area contributed by atoms with E-state index < -0.39 is 12.1 Å². The smallest absolute Gasteiger partial charge is 0.306 e. The molecule has 0 saturated heterocycles. The molecule has 0 radical (unpaired) electrons. The first-order valence-electron chi connectivity index (χ1n) is 5.73. The van der Waals surface area contributed by atoms with Crippen LogP contribution in [0.2, 0.25) is 0 Å². The SMILES string of the molecule is COc1c(C)cc(C)cc1NCC(O)CC(=O)O. The number of rotatable bonds is 6. The van der Waals surface area contributed by atoms with Gasteiger partial charge in [-0.05, 0) is 31.0 Å². The van der Waals surface area contributed by atoms with Crippen molar-refractivity contribution in [3.05, 3.63) is 23.3 Å². The van der Waals surface area contributed by atoms with E-state index in [0.29, 0.717) is 5.75 Å². The van der Waals surface area contributed by atoms with E-state index in [2.05, 4.69) is 5.32 Å². The second-order valence-corrected chi connectivity index (χ2v) is 4.30. The molecule has 1 aromatic carbocycles. The maximum atomic E-state index is 10.4. The number of carboxylic acids is 1. The summed E-state index contributed by atoms with van der Waals surface area (Å²) in [6, 6.07) is 3.90. The number of carboxylic acid groups (broad SMARTS) is 1. The second-order valence-electron chi connectivity index (χ2n) is 4.30. The molecule has 0 aromatic heterocycles. The summed E-state index contributed by atoms with van der Waals surface area (Å²) < 4.78 is 5.28. The third-order valence-corrected chi connectivity index (χ3v) is 2.56. The highest BCUT2D eigenvalue weighted by Gasteiger charge is 2.12. The third-order valence-electron chi connectivity index (χ3n) is 2.56. The van der Waals surface area contributed by atoms with Crippen molar-refractivity contribution in [3.8, 4) is 5.75 Å². The minimum absolute atomic E-state index is 0.172. The Bertz CT molecular complexity index is 431. The molecule has 0 aliphatic rings. The van der Waals surface area contributed by atoms with Crippen molar-refractivity contribution in [1.29, 1.82) is 0 Å². The Morgan fingerprint density at radius 1 is 1.44 bits per heavy atom. The fraction of sp³-hybridized carbons (Fsp3) is 0.462. The van der Waals surface area contributed by atoms with Crippen LogP contribution < -0.4 is 10.1 Å². The van der Waals surface area contributed by atoms with Crippen molar-refractivity contribution >= 4 is 11.7 Å². The molecule has 1 unspecified atom stereocenters. The largest absolute Gasteiger partial charge is 0.494 e. The van der Waals surface area contributed by atoms with Gasteiger partial charge in [0.15, 0.2) is 0 Å². The number of benzene rings is 1. The van der Waals surface area contributed by atoms with Crippen LogP contribution in [-0.4, -0.2) is 35.9 Å². The fourth-order valence-electron chi connectivity index (χ4n) is 1.86. The maximum absolute atomic E-state index is 10.4. The Labute approximate surface area is 106 Å². The fourth-order valence-corrected chi connectivity index (χ4v) is 1.86. The topological polar surface area (TPSA) is 78.8 Å². The van der Waals surface area contributed by atoms with Crippen LogP contribution in [0.15, 0.2) is 12.1 Å². The van der Waals surface area contributed by atoms with Gasteiger partial charge in [0.2, 0.25) is 0 Å². The lowest BCUT2D eigenvalue weighted by Gasteiger charge is -2.16. The summed E-state index contributed by atoms with van der Waals surface area (Å²) >= 11 is 0. The Balaban J connectivity index is 2.75. The lowest BCUT2D eigenvalue weighted by molar-refractivity contribution is -0.138. The van der Waals surface area contributed by atoms with Crippen LogP contribution in [0, 0.1) is 13.8 Å². The average Bonchev–Trinajstić information content (AvgIpc) is 2.24. The van der Waals surface area contributed by atoms with Gasteiger partial charge in [-0.3, -0.25) is 4.79 Å². The van der Waals surface area contributed by atoms with Gasteiger partial charge in [0.25, 0.3) is 0 Å². The van der Waals surface area contributed by atoms with Gasteiger partial charge in [0.1, 0.15) is 5.75 Å². The number of aliphatic carboxylic acids is 1. The van der Waals surface area contributed by atoms with Crippen LogP contribution in [0.25, 0.3) is 0 Å². The first-order valence-corrected chi connectivity index (χ1v) is 5.73. The molecule has 5 heteroatoms. The third kappa shape index (κ3) is 3.92. The molecule has 1 aromatic rings. The van der Waals surface area contributed by atoms with E-state index in [4.69, 9.17) is 9.84 Å². The van der Waals surface area contributed by atoms with Crippen LogP contribution in [0.4, 0.5) is 5.69 Å². The van der Waals surface area contributed by atoms with E-state index in [1.165, 1.54) is 0 Å². The van der Waals surface area contributed by atoms with Crippen molar-refractivity contribution in [3.63, 3.8) is 0 Å². The van der Waals surface area contributed by atoms with Crippen molar-refractivity contribution in [2.45, 2.75) is 26.4 Å². The number of ether oxygens (including phenoxy) is 1. The van der Waals surface area contributed by atoms with Gasteiger partial charge in [-0.15, -0.1) is 0 Å². The van der Waals surface area contributed by atoms with E-state index in [0.717, 1.165) is 16.8 Å². The Kier molecular flexibility index (Phi) is 4.97. The second kappa shape index (κ2) is 6.26. The molecule has 3 N–H and O–H groups in total. The zero-order chi connectivity index (χ0) is 13.7. The lowest BCUT2D eigenvalue weighted by atomic mass is 10.1. The molecule has 5 nitrogen and oxygen atoms in total. The highest BCUT2D eigenvalue weighted by atomic mass is 16.5. The summed E-state index contributed by atoms with van der Waals surface area (Å²) in [7, 11) is 1.58. The maximum Gasteiger partial charge on any atom is 0.306 e. The summed E-state index contributed by atoms with van der Waals surface area (Å²) in [4.78, 5) is 10.4. The van der Waals surface area contributed by atoms with Gasteiger partial charge in [0, 0.05) is 6.54 Å². The first kappa shape index (κ1) is 14.3. The minimum atomic E-state index is -1.02. The molecule has 0 bridgehead atoms. The van der Waals surface area contributed by atoms with E-state index in [1.54, 1.807) is 7.11 Å². The van der Waals surface area contributed by atoms with E-state index >= 15 is 0 Å². The van der Waals surface area contributed by atoms with Gasteiger partial charge >= 0.3 is 5.97 Å². The molecule has 0 amide bonds. The summed E-state index contributed by atoms with van der Waals surface area (Å²) in [5.74, 6) is -0.306. The summed E-state index contributed by atoms with van der Waals surface area (Å²) in [6.45, 7) is 4.07. The van der Waals surface area contributed by atoms with Crippen LogP contribution in [-0.2, 0) is 4.79 Å². The summed E-state index contributed by atoms with van der Waals surface area (Å²) in [6.07, 6.45) is -1.20. The van der Waals surface area contributed by atoms with Crippen LogP contribution in [0.5, 0.6) is 5.75 Å². The number of hydrogen-bond acceptors (Lipinski definition) is 4. The zero-order valence-corrected chi connectivity index (χ0v) is 10.9. The molecule has 100 valence electrons. The predicted octanol–water partition coefficient (Wildman–Crippen LogP) is 1.56. The Morgan fingerprint density at radius 3 is 2.67 bits per heavy atom. The molecule has 1 atom stereocenters. The molecular weight excluding hydrogens is 234 g/mol. The first-order chi connectivity index (χ1) is 8.43. The number of aliphatic hydroxyl groups excluding tert-OH is 1. The molecule has 0 spiro atoms. The zero-order valence-electron chi connectivity index (χ0n) is 10.9. The quantitative estimate of drug-likeness (QED) is 0.717. The van der Waals surface area contributed by atoms with Crippen molar-refractivity contribution in [2.75, 3.05) is 19.0 Å². The molecule has 18 heavy (non-hydrogen) atoms. The summed E-state index contributed by atoms with van der Waals surface area (Å²) in [5.41, 5.74) is 2.83. The van der Waals surface area contributed by atoms with Gasteiger partial charge < -0.3 is 20.3 Å². The van der Waals surface area contributed by atoms with E-state index in [1.807, 2.05) is 26.0 Å². The number of aliphatic hydroxyl groups is 1. The number of aryl methyl sites for hydroxylation is 2. The van der Waals surface area contributed by atoms with Crippen LogP contribution >= 0.6 is 0 Å². The van der Waals surface area contributed by atoms with Gasteiger partial charge in [0.05, 0.1) is 25.3 Å². The molecule has 0 fully saturated rings. The number of nitrogens with one attached hydrogen (secondary N) is 1. The van der Waals surface area contributed by atoms with E-state index in [9.17, 15) is 9.90 Å². The van der Waals surface area contributed by atoms with Crippen LogP contribution in [0.1, 0.15) is 17.5 Å². The molecule has 0 aliphatic carbocycles. The van der Waals surface area contributed by atoms with E-state index in [-0.39, 0.29) is 13.0 Å². The molecule has 1 rings (SSSR count). The van der Waals surface area contributed by atoms with Gasteiger partial charge in [-0.1, -0.05) is 6.07 Å². The highest BCUT2D eigenvalue weighted by Crippen LogP contribution is 2.29. The monoisotopic (exact) mass is 253 g/mol. The molecule has 0 heterocycles.